The molecule has 0 atom stereocenters. The van der Waals surface area contributed by atoms with Crippen LogP contribution in [0.3, 0.4) is 0 Å². The number of nitrogens with zero attached hydrogens (tertiary/aromatic N) is 2. The first-order valence-electron chi connectivity index (χ1n) is 8.50. The van der Waals surface area contributed by atoms with Crippen molar-refractivity contribution in [3.8, 4) is 0 Å². The van der Waals surface area contributed by atoms with E-state index in [0.29, 0.717) is 26.1 Å². The van der Waals surface area contributed by atoms with Gasteiger partial charge in [-0.3, -0.25) is 4.99 Å². The van der Waals surface area contributed by atoms with Gasteiger partial charge in [-0.05, 0) is 33.1 Å². The highest BCUT2D eigenvalue weighted by atomic mass is 32.2. The summed E-state index contributed by atoms with van der Waals surface area (Å²) < 4.78 is 29.8. The van der Waals surface area contributed by atoms with Crippen LogP contribution in [-0.4, -0.2) is 70.9 Å². The van der Waals surface area contributed by atoms with E-state index in [9.17, 15) is 8.42 Å². The lowest BCUT2D eigenvalue weighted by Gasteiger charge is -2.17. The number of ether oxygens (including phenoxy) is 1. The van der Waals surface area contributed by atoms with Gasteiger partial charge in [0, 0.05) is 45.9 Å². The Morgan fingerprint density at radius 2 is 1.87 bits per heavy atom. The minimum atomic E-state index is -3.11. The first-order valence-corrected chi connectivity index (χ1v) is 10.4. The minimum absolute atomic E-state index is 0.501. The molecule has 0 saturated carbocycles. The molecule has 0 amide bonds. The number of hydrogen-bond acceptors (Lipinski definition) is 4. The molecular weight excluding hydrogens is 316 g/mol. The molecular formula is C15H34N4O3S. The summed E-state index contributed by atoms with van der Waals surface area (Å²) in [5.41, 5.74) is 0. The lowest BCUT2D eigenvalue weighted by molar-refractivity contribution is 0.143. The van der Waals surface area contributed by atoms with E-state index >= 15 is 0 Å². The number of nitrogens with one attached hydrogen (secondary N) is 2. The molecule has 0 rings (SSSR count). The van der Waals surface area contributed by atoms with E-state index in [2.05, 4.69) is 15.6 Å². The van der Waals surface area contributed by atoms with Crippen molar-refractivity contribution in [2.24, 2.45) is 4.99 Å². The van der Waals surface area contributed by atoms with Gasteiger partial charge in [0.15, 0.2) is 5.96 Å². The topological polar surface area (TPSA) is 83.0 Å². The van der Waals surface area contributed by atoms with Gasteiger partial charge in [0.1, 0.15) is 0 Å². The molecule has 138 valence electrons. The van der Waals surface area contributed by atoms with Crippen LogP contribution in [0.4, 0.5) is 0 Å². The third-order valence-electron chi connectivity index (χ3n) is 3.21. The average Bonchev–Trinajstić information content (AvgIpc) is 2.49. The van der Waals surface area contributed by atoms with Crippen molar-refractivity contribution in [2.75, 3.05) is 52.2 Å². The van der Waals surface area contributed by atoms with E-state index in [1.54, 1.807) is 0 Å². The number of hydrogen-bond donors (Lipinski definition) is 2. The second-order valence-electron chi connectivity index (χ2n) is 5.20. The normalized spacial score (nSPS) is 12.7. The van der Waals surface area contributed by atoms with Gasteiger partial charge in [-0.2, -0.15) is 0 Å². The molecule has 0 saturated heterocycles. The number of sulfonamides is 1. The summed E-state index contributed by atoms with van der Waals surface area (Å²) >= 11 is 0. The predicted molar refractivity (Wildman–Crippen MR) is 96.4 cm³/mol. The zero-order valence-corrected chi connectivity index (χ0v) is 15.9. The van der Waals surface area contributed by atoms with Crippen LogP contribution >= 0.6 is 0 Å². The molecule has 2 N–H and O–H groups in total. The zero-order valence-electron chi connectivity index (χ0n) is 15.1. The van der Waals surface area contributed by atoms with E-state index in [1.807, 2.05) is 20.8 Å². The van der Waals surface area contributed by atoms with Gasteiger partial charge in [0.25, 0.3) is 0 Å². The fourth-order valence-electron chi connectivity index (χ4n) is 2.02. The smallest absolute Gasteiger partial charge is 0.211 e. The molecule has 0 heterocycles. The highest BCUT2D eigenvalue weighted by Gasteiger charge is 2.12. The van der Waals surface area contributed by atoms with Crippen molar-refractivity contribution in [3.05, 3.63) is 0 Å². The van der Waals surface area contributed by atoms with E-state index in [1.165, 1.54) is 10.6 Å². The third-order valence-corrected chi connectivity index (χ3v) is 4.59. The molecule has 0 radical (unpaired) electrons. The van der Waals surface area contributed by atoms with Crippen LogP contribution in [0.2, 0.25) is 0 Å². The average molecular weight is 351 g/mol. The standard InChI is InChI=1S/C15H34N4O3S/c1-5-16-15(17-11-8-9-14-22-7-3)18-12-10-13-19(6-2)23(4,20)21/h5-14H2,1-4H3,(H2,16,17,18). The quantitative estimate of drug-likeness (QED) is 0.294. The Kier molecular flexibility index (Phi) is 13.1. The fraction of sp³-hybridized carbons (Fsp3) is 0.933. The summed E-state index contributed by atoms with van der Waals surface area (Å²) in [7, 11) is -3.11. The number of unbranched alkanes of at least 4 members (excludes halogenated alkanes) is 1. The molecule has 23 heavy (non-hydrogen) atoms. The largest absolute Gasteiger partial charge is 0.382 e. The molecule has 0 bridgehead atoms. The lowest BCUT2D eigenvalue weighted by Crippen LogP contribution is -2.38. The highest BCUT2D eigenvalue weighted by Crippen LogP contribution is 1.99. The molecule has 0 fully saturated rings. The summed E-state index contributed by atoms with van der Waals surface area (Å²) in [5.74, 6) is 0.784. The van der Waals surface area contributed by atoms with Crippen molar-refractivity contribution in [2.45, 2.75) is 40.0 Å². The summed E-state index contributed by atoms with van der Waals surface area (Å²) in [6.45, 7) is 10.7. The summed E-state index contributed by atoms with van der Waals surface area (Å²) in [4.78, 5) is 4.48. The Balaban J connectivity index is 4.06. The van der Waals surface area contributed by atoms with Crippen LogP contribution in [0, 0.1) is 0 Å². The molecule has 0 aromatic carbocycles. The summed E-state index contributed by atoms with van der Waals surface area (Å²) in [6, 6.07) is 0. The SMILES string of the molecule is CCNC(=NCCCN(CC)S(C)(=O)=O)NCCCCOCC. The maximum Gasteiger partial charge on any atom is 0.211 e. The van der Waals surface area contributed by atoms with E-state index in [0.717, 1.165) is 45.1 Å². The molecule has 0 spiro atoms. The Bertz CT molecular complexity index is 413. The Morgan fingerprint density at radius 1 is 1.13 bits per heavy atom. The molecule has 0 aromatic rings. The first-order chi connectivity index (χ1) is 11.0. The van der Waals surface area contributed by atoms with Crippen molar-refractivity contribution in [1.82, 2.24) is 14.9 Å². The fourth-order valence-corrected chi connectivity index (χ4v) is 2.95. The van der Waals surface area contributed by atoms with Gasteiger partial charge < -0.3 is 15.4 Å². The van der Waals surface area contributed by atoms with Gasteiger partial charge in [-0.1, -0.05) is 6.92 Å². The second-order valence-corrected chi connectivity index (χ2v) is 7.18. The number of guanidine groups is 1. The molecule has 0 aliphatic heterocycles. The molecule has 0 aliphatic rings. The second kappa shape index (κ2) is 13.6. The Hall–Kier alpha value is -0.860. The van der Waals surface area contributed by atoms with E-state index in [4.69, 9.17) is 4.74 Å². The van der Waals surface area contributed by atoms with Crippen LogP contribution in [-0.2, 0) is 14.8 Å². The van der Waals surface area contributed by atoms with Crippen molar-refractivity contribution >= 4 is 16.0 Å². The molecule has 0 aliphatic carbocycles. The lowest BCUT2D eigenvalue weighted by atomic mass is 10.3. The van der Waals surface area contributed by atoms with Crippen LogP contribution in [0.15, 0.2) is 4.99 Å². The maximum atomic E-state index is 11.5. The first kappa shape index (κ1) is 22.1. The molecule has 0 aromatic heterocycles. The van der Waals surface area contributed by atoms with Crippen molar-refractivity contribution in [3.63, 3.8) is 0 Å². The van der Waals surface area contributed by atoms with E-state index < -0.39 is 10.0 Å². The Labute approximate surface area is 141 Å². The molecule has 7 nitrogen and oxygen atoms in total. The monoisotopic (exact) mass is 350 g/mol. The summed E-state index contributed by atoms with van der Waals surface area (Å²) in [5, 5.41) is 6.47. The van der Waals surface area contributed by atoms with Crippen LogP contribution < -0.4 is 10.6 Å². The molecule has 8 heteroatoms. The Morgan fingerprint density at radius 3 is 2.43 bits per heavy atom. The molecule has 0 unspecified atom stereocenters. The van der Waals surface area contributed by atoms with Crippen LogP contribution in [0.1, 0.15) is 40.0 Å². The predicted octanol–water partition coefficient (Wildman–Crippen LogP) is 1.03. The van der Waals surface area contributed by atoms with Crippen molar-refractivity contribution < 1.29 is 13.2 Å². The highest BCUT2D eigenvalue weighted by molar-refractivity contribution is 7.88. The number of aliphatic imine (C=N–C) groups is 1. The third kappa shape index (κ3) is 12.3. The van der Waals surface area contributed by atoms with Gasteiger partial charge in [-0.25, -0.2) is 12.7 Å². The zero-order chi connectivity index (χ0) is 17.6. The van der Waals surface area contributed by atoms with Gasteiger partial charge >= 0.3 is 0 Å². The van der Waals surface area contributed by atoms with Gasteiger partial charge in [0.05, 0.1) is 6.26 Å². The van der Waals surface area contributed by atoms with E-state index in [-0.39, 0.29) is 0 Å². The summed E-state index contributed by atoms with van der Waals surface area (Å²) in [6.07, 6.45) is 4.01. The van der Waals surface area contributed by atoms with Crippen LogP contribution in [0.25, 0.3) is 0 Å². The maximum absolute atomic E-state index is 11.5. The number of rotatable bonds is 13. The van der Waals surface area contributed by atoms with Crippen molar-refractivity contribution in [1.29, 1.82) is 0 Å². The van der Waals surface area contributed by atoms with Crippen LogP contribution in [0.5, 0.6) is 0 Å². The van der Waals surface area contributed by atoms with Gasteiger partial charge in [0.2, 0.25) is 10.0 Å². The minimum Gasteiger partial charge on any atom is -0.382 e. The van der Waals surface area contributed by atoms with Gasteiger partial charge in [-0.15, -0.1) is 0 Å².